The van der Waals surface area contributed by atoms with Gasteiger partial charge in [0.15, 0.2) is 34.4 Å². The van der Waals surface area contributed by atoms with Crippen LogP contribution in [0.3, 0.4) is 0 Å². The Bertz CT molecular complexity index is 1630. The Labute approximate surface area is 226 Å². The van der Waals surface area contributed by atoms with Crippen molar-refractivity contribution in [2.45, 2.75) is 26.8 Å². The van der Waals surface area contributed by atoms with E-state index in [0.717, 1.165) is 11.1 Å². The quantitative estimate of drug-likeness (QED) is 0.271. The van der Waals surface area contributed by atoms with Gasteiger partial charge in [0.05, 0.1) is 32.4 Å². The number of hydrogen-bond acceptors (Lipinski definition) is 7. The van der Waals surface area contributed by atoms with Gasteiger partial charge in [0, 0.05) is 11.1 Å². The molecule has 1 amide bonds. The van der Waals surface area contributed by atoms with Gasteiger partial charge >= 0.3 is 0 Å². The molecule has 4 aromatic rings. The number of anilines is 1. The predicted molar refractivity (Wildman–Crippen MR) is 147 cm³/mol. The lowest BCUT2D eigenvalue weighted by atomic mass is 9.94. The highest BCUT2D eigenvalue weighted by Gasteiger charge is 2.45. The summed E-state index contributed by atoms with van der Waals surface area (Å²) in [7, 11) is 3.05. The molecule has 39 heavy (non-hydrogen) atoms. The highest BCUT2D eigenvalue weighted by molar-refractivity contribution is 6.20. The molecule has 1 N–H and O–H groups in total. The third kappa shape index (κ3) is 4.37. The van der Waals surface area contributed by atoms with Crippen LogP contribution in [0, 0.1) is 13.8 Å². The van der Waals surface area contributed by atoms with Gasteiger partial charge < -0.3 is 23.7 Å². The van der Waals surface area contributed by atoms with Crippen molar-refractivity contribution in [3.8, 4) is 17.2 Å². The zero-order chi connectivity index (χ0) is 27.8. The van der Waals surface area contributed by atoms with Gasteiger partial charge in [0.1, 0.15) is 0 Å². The zero-order valence-electron chi connectivity index (χ0n) is 22.4. The summed E-state index contributed by atoms with van der Waals surface area (Å²) in [6.45, 7) is 6.15. The van der Waals surface area contributed by atoms with Gasteiger partial charge in [-0.15, -0.1) is 0 Å². The summed E-state index contributed by atoms with van der Waals surface area (Å²) in [6.07, 6.45) is 0. The molecule has 1 aromatic heterocycles. The monoisotopic (exact) mass is 527 g/mol. The van der Waals surface area contributed by atoms with Gasteiger partial charge in [0.2, 0.25) is 5.78 Å². The maximum atomic E-state index is 14.0. The largest absolute Gasteiger partial charge is 0.503 e. The molecule has 1 unspecified atom stereocenters. The van der Waals surface area contributed by atoms with Crippen LogP contribution in [0.4, 0.5) is 5.69 Å². The van der Waals surface area contributed by atoms with Crippen molar-refractivity contribution in [2.24, 2.45) is 0 Å². The van der Waals surface area contributed by atoms with Crippen LogP contribution >= 0.6 is 0 Å². The fraction of sp³-hybridized carbons (Fsp3) is 0.226. The highest BCUT2D eigenvalue weighted by atomic mass is 16.5. The minimum Gasteiger partial charge on any atom is -0.503 e. The molecule has 1 aliphatic heterocycles. The third-order valence-corrected chi connectivity index (χ3v) is 6.98. The Balaban J connectivity index is 1.69. The highest BCUT2D eigenvalue weighted by Crippen LogP contribution is 2.45. The van der Waals surface area contributed by atoms with Crippen molar-refractivity contribution < 1.29 is 33.3 Å². The lowest BCUT2D eigenvalue weighted by Crippen LogP contribution is -2.31. The second kappa shape index (κ2) is 10.2. The number of furan rings is 1. The second-order valence-electron chi connectivity index (χ2n) is 9.27. The first-order valence-corrected chi connectivity index (χ1v) is 12.5. The van der Waals surface area contributed by atoms with E-state index in [-0.39, 0.29) is 11.3 Å². The van der Waals surface area contributed by atoms with Gasteiger partial charge in [-0.2, -0.15) is 0 Å². The Kier molecular flexibility index (Phi) is 6.78. The maximum Gasteiger partial charge on any atom is 0.294 e. The second-order valence-corrected chi connectivity index (χ2v) is 9.27. The molecule has 8 heteroatoms. The molecular weight excluding hydrogens is 498 g/mol. The number of ketones is 1. The van der Waals surface area contributed by atoms with Gasteiger partial charge in [-0.05, 0) is 73.9 Å². The summed E-state index contributed by atoms with van der Waals surface area (Å²) in [6, 6.07) is 16.7. The molecule has 8 nitrogen and oxygen atoms in total. The molecule has 1 atom stereocenters. The number of rotatable bonds is 8. The molecule has 0 saturated carbocycles. The summed E-state index contributed by atoms with van der Waals surface area (Å²) in [5.41, 5.74) is 3.43. The van der Waals surface area contributed by atoms with Crippen LogP contribution in [0.25, 0.3) is 11.0 Å². The van der Waals surface area contributed by atoms with E-state index in [1.807, 2.05) is 32.9 Å². The van der Waals surface area contributed by atoms with Crippen molar-refractivity contribution >= 4 is 28.3 Å². The first-order valence-electron chi connectivity index (χ1n) is 12.5. The Hall–Kier alpha value is -4.72. The number of fused-ring (bicyclic) bond motifs is 1. The Morgan fingerprint density at radius 2 is 1.72 bits per heavy atom. The molecule has 1 aliphatic rings. The fourth-order valence-corrected chi connectivity index (χ4v) is 4.87. The van der Waals surface area contributed by atoms with Gasteiger partial charge in [-0.25, -0.2) is 0 Å². The minimum atomic E-state index is -0.952. The summed E-state index contributed by atoms with van der Waals surface area (Å²) in [5, 5.41) is 11.8. The first-order chi connectivity index (χ1) is 18.8. The summed E-state index contributed by atoms with van der Waals surface area (Å²) < 4.78 is 22.5. The average molecular weight is 528 g/mol. The van der Waals surface area contributed by atoms with E-state index in [9.17, 15) is 14.7 Å². The van der Waals surface area contributed by atoms with Crippen molar-refractivity contribution in [3.05, 3.63) is 94.4 Å². The fourth-order valence-electron chi connectivity index (χ4n) is 4.87. The number of amides is 1. The molecule has 0 bridgehead atoms. The van der Waals surface area contributed by atoms with Gasteiger partial charge in [0.25, 0.3) is 5.91 Å². The molecule has 0 aliphatic carbocycles. The number of carbonyl (C=O) groups excluding carboxylic acids is 2. The van der Waals surface area contributed by atoms with Crippen LogP contribution in [0.15, 0.2) is 76.4 Å². The molecular formula is C31H29NO7. The van der Waals surface area contributed by atoms with E-state index in [1.54, 1.807) is 48.5 Å². The number of aliphatic hydroxyl groups excluding tert-OH is 1. The van der Waals surface area contributed by atoms with Crippen LogP contribution in [0.1, 0.15) is 40.2 Å². The van der Waals surface area contributed by atoms with Crippen LogP contribution in [0.2, 0.25) is 0 Å². The van der Waals surface area contributed by atoms with Crippen molar-refractivity contribution in [1.82, 2.24) is 0 Å². The topological polar surface area (TPSA) is 98.4 Å². The van der Waals surface area contributed by atoms with E-state index < -0.39 is 23.5 Å². The number of carbonyl (C=O) groups is 2. The van der Waals surface area contributed by atoms with Crippen LogP contribution in [-0.2, 0) is 4.79 Å². The molecule has 200 valence electrons. The van der Waals surface area contributed by atoms with Crippen LogP contribution < -0.4 is 19.1 Å². The van der Waals surface area contributed by atoms with Crippen molar-refractivity contribution in [2.75, 3.05) is 25.7 Å². The van der Waals surface area contributed by atoms with Crippen LogP contribution in [-0.4, -0.2) is 37.6 Å². The summed E-state index contributed by atoms with van der Waals surface area (Å²) in [5.74, 6) is -0.515. The number of benzene rings is 3. The Morgan fingerprint density at radius 3 is 2.41 bits per heavy atom. The van der Waals surface area contributed by atoms with E-state index in [2.05, 4.69) is 0 Å². The first kappa shape index (κ1) is 25.9. The van der Waals surface area contributed by atoms with E-state index >= 15 is 0 Å². The average Bonchev–Trinajstić information content (AvgIpc) is 3.49. The number of Topliss-reactive ketones (excluding diaryl/α,β-unsaturated/α-hetero) is 1. The molecule has 5 rings (SSSR count). The number of methoxy groups -OCH3 is 2. The number of ether oxygens (including phenoxy) is 3. The standard InChI is InChI=1S/C31H29NO7/c1-6-38-24-15-19(11-13-22(24)36-4)27-26(28(33)25-16-20-8-7-9-23(37-5)30(20)39-25)29(34)31(35)32(27)21-12-10-17(2)18(3)14-21/h7-16,27,34H,6H2,1-5H3. The smallest absolute Gasteiger partial charge is 0.294 e. The van der Waals surface area contributed by atoms with Gasteiger partial charge in [-0.1, -0.05) is 24.3 Å². The molecule has 3 aromatic carbocycles. The molecule has 2 heterocycles. The van der Waals surface area contributed by atoms with Gasteiger partial charge in [-0.3, -0.25) is 14.5 Å². The Morgan fingerprint density at radius 1 is 0.949 bits per heavy atom. The van der Waals surface area contributed by atoms with E-state index in [1.165, 1.54) is 19.1 Å². The number of hydrogen-bond donors (Lipinski definition) is 1. The molecule has 0 radical (unpaired) electrons. The van der Waals surface area contributed by atoms with E-state index in [0.29, 0.717) is 46.1 Å². The lowest BCUT2D eigenvalue weighted by Gasteiger charge is -2.28. The number of aliphatic hydroxyl groups is 1. The lowest BCUT2D eigenvalue weighted by molar-refractivity contribution is -0.117. The van der Waals surface area contributed by atoms with Crippen molar-refractivity contribution in [3.63, 3.8) is 0 Å². The molecule has 0 fully saturated rings. The predicted octanol–water partition coefficient (Wildman–Crippen LogP) is 6.25. The minimum absolute atomic E-state index is 0.0191. The normalized spacial score (nSPS) is 15.3. The third-order valence-electron chi connectivity index (χ3n) is 6.98. The molecule has 0 spiro atoms. The number of nitrogens with zero attached hydrogens (tertiary/aromatic N) is 1. The summed E-state index contributed by atoms with van der Waals surface area (Å²) >= 11 is 0. The molecule has 0 saturated heterocycles. The summed E-state index contributed by atoms with van der Waals surface area (Å²) in [4.78, 5) is 29.0. The maximum absolute atomic E-state index is 14.0. The SMILES string of the molecule is CCOc1cc(C2C(C(=O)c3cc4cccc(OC)c4o3)=C(O)C(=O)N2c2ccc(C)c(C)c2)ccc1OC. The number of para-hydroxylation sites is 1. The zero-order valence-corrected chi connectivity index (χ0v) is 22.4. The van der Waals surface area contributed by atoms with Crippen molar-refractivity contribution in [1.29, 1.82) is 0 Å². The van der Waals surface area contributed by atoms with E-state index in [4.69, 9.17) is 18.6 Å². The number of aryl methyl sites for hydroxylation is 2. The van der Waals surface area contributed by atoms with Crippen LogP contribution in [0.5, 0.6) is 17.2 Å².